The molecule has 1 aliphatic carbocycles. The van der Waals surface area contributed by atoms with Gasteiger partial charge in [-0.3, -0.25) is 4.79 Å². The summed E-state index contributed by atoms with van der Waals surface area (Å²) in [5.74, 6) is 0.624. The molecule has 1 aromatic heterocycles. The zero-order valence-corrected chi connectivity index (χ0v) is 16.4. The molecule has 1 fully saturated rings. The van der Waals surface area contributed by atoms with Gasteiger partial charge in [0.1, 0.15) is 6.61 Å². The zero-order valence-electron chi connectivity index (χ0n) is 16.4. The van der Waals surface area contributed by atoms with Crippen LogP contribution >= 0.6 is 0 Å². The lowest BCUT2D eigenvalue weighted by Crippen LogP contribution is -2.38. The monoisotopic (exact) mass is 368 g/mol. The van der Waals surface area contributed by atoms with Gasteiger partial charge in [-0.1, -0.05) is 42.7 Å². The first-order valence-corrected chi connectivity index (χ1v) is 9.52. The smallest absolute Gasteiger partial charge is 0.235 e. The lowest BCUT2D eigenvalue weighted by Gasteiger charge is -2.28. The third-order valence-corrected chi connectivity index (χ3v) is 5.28. The Morgan fingerprint density at radius 2 is 1.96 bits per heavy atom. The van der Waals surface area contributed by atoms with E-state index in [1.165, 1.54) is 5.56 Å². The molecule has 0 bridgehead atoms. The van der Waals surface area contributed by atoms with E-state index in [2.05, 4.69) is 35.4 Å². The minimum absolute atomic E-state index is 0.0554. The zero-order chi connectivity index (χ0) is 19.3. The van der Waals surface area contributed by atoms with Crippen molar-refractivity contribution >= 4 is 11.6 Å². The number of carbonyl (C=O) groups excluding carboxylic acids is 1. The summed E-state index contributed by atoms with van der Waals surface area (Å²) in [5, 5.41) is 3.10. The highest BCUT2D eigenvalue weighted by molar-refractivity contribution is 5.99. The fourth-order valence-corrected chi connectivity index (χ4v) is 3.82. The van der Waals surface area contributed by atoms with Crippen LogP contribution in [-0.2, 0) is 14.9 Å². The van der Waals surface area contributed by atoms with E-state index in [0.29, 0.717) is 24.8 Å². The van der Waals surface area contributed by atoms with Crippen LogP contribution in [0.25, 0.3) is 0 Å². The molecule has 1 amide bonds. The molecule has 0 atom stereocenters. The van der Waals surface area contributed by atoms with Crippen LogP contribution < -0.4 is 10.1 Å². The quantitative estimate of drug-likeness (QED) is 0.745. The van der Waals surface area contributed by atoms with Gasteiger partial charge in [-0.25, -0.2) is 4.98 Å². The predicted octanol–water partition coefficient (Wildman–Crippen LogP) is 4.17. The number of ether oxygens (including phenoxy) is 2. The number of methoxy groups -OCH3 is 1. The van der Waals surface area contributed by atoms with Crippen molar-refractivity contribution in [3.05, 3.63) is 53.2 Å². The van der Waals surface area contributed by atoms with E-state index in [0.717, 1.165) is 36.8 Å². The first kappa shape index (κ1) is 19.4. The Balaban J connectivity index is 1.78. The van der Waals surface area contributed by atoms with Crippen LogP contribution in [0, 0.1) is 13.8 Å². The number of nitrogens with zero attached hydrogens (tertiary/aromatic N) is 1. The Hall–Kier alpha value is -2.40. The third-order valence-electron chi connectivity index (χ3n) is 5.28. The van der Waals surface area contributed by atoms with Gasteiger partial charge in [0.2, 0.25) is 11.8 Å². The number of pyridine rings is 1. The first-order chi connectivity index (χ1) is 13.0. The molecule has 0 saturated heterocycles. The highest BCUT2D eigenvalue weighted by Gasteiger charge is 2.42. The SMILES string of the molecule is COCCOc1ncc(NC(=O)C2(c3cccc(C)c3)CCCC2)cc1C. The van der Waals surface area contributed by atoms with Gasteiger partial charge in [0.25, 0.3) is 0 Å². The van der Waals surface area contributed by atoms with Crippen LogP contribution in [-0.4, -0.2) is 31.2 Å². The standard InChI is InChI=1S/C22H28N2O3/c1-16-7-6-8-18(13-16)22(9-4-5-10-22)21(25)24-19-14-17(2)20(23-15-19)27-12-11-26-3/h6-8,13-15H,4-5,9-12H2,1-3H3,(H,24,25). The van der Waals surface area contributed by atoms with Gasteiger partial charge in [0, 0.05) is 12.7 Å². The number of amides is 1. The lowest BCUT2D eigenvalue weighted by atomic mass is 9.77. The average Bonchev–Trinajstić information content (AvgIpc) is 3.15. The Kier molecular flexibility index (Phi) is 6.11. The molecule has 1 aliphatic rings. The maximum Gasteiger partial charge on any atom is 0.235 e. The summed E-state index contributed by atoms with van der Waals surface area (Å²) in [7, 11) is 1.63. The van der Waals surface area contributed by atoms with Crippen LogP contribution in [0.4, 0.5) is 5.69 Å². The van der Waals surface area contributed by atoms with E-state index in [1.54, 1.807) is 13.3 Å². The molecule has 1 N–H and O–H groups in total. The Morgan fingerprint density at radius 1 is 1.19 bits per heavy atom. The summed E-state index contributed by atoms with van der Waals surface area (Å²) in [4.78, 5) is 17.6. The van der Waals surface area contributed by atoms with E-state index in [9.17, 15) is 4.79 Å². The molecule has 0 spiro atoms. The van der Waals surface area contributed by atoms with Crippen molar-refractivity contribution < 1.29 is 14.3 Å². The first-order valence-electron chi connectivity index (χ1n) is 9.52. The van der Waals surface area contributed by atoms with Gasteiger partial charge in [0.15, 0.2) is 0 Å². The van der Waals surface area contributed by atoms with Gasteiger partial charge in [0.05, 0.1) is 23.9 Å². The molecular weight excluding hydrogens is 340 g/mol. The molecule has 0 aliphatic heterocycles. The Bertz CT molecular complexity index is 798. The van der Waals surface area contributed by atoms with Gasteiger partial charge in [-0.2, -0.15) is 0 Å². The number of anilines is 1. The van der Waals surface area contributed by atoms with E-state index in [1.807, 2.05) is 19.1 Å². The molecule has 1 saturated carbocycles. The lowest BCUT2D eigenvalue weighted by molar-refractivity contribution is -0.121. The maximum atomic E-state index is 13.3. The van der Waals surface area contributed by atoms with Crippen LogP contribution in [0.3, 0.4) is 0 Å². The maximum absolute atomic E-state index is 13.3. The van der Waals surface area contributed by atoms with Crippen molar-refractivity contribution in [1.29, 1.82) is 0 Å². The summed E-state index contributed by atoms with van der Waals surface area (Å²) in [6.45, 7) is 4.96. The molecular formula is C22H28N2O3. The van der Waals surface area contributed by atoms with Crippen molar-refractivity contribution in [2.75, 3.05) is 25.6 Å². The van der Waals surface area contributed by atoms with E-state index in [-0.39, 0.29) is 5.91 Å². The van der Waals surface area contributed by atoms with Crippen molar-refractivity contribution in [2.45, 2.75) is 44.9 Å². The Morgan fingerprint density at radius 3 is 2.63 bits per heavy atom. The number of hydrogen-bond donors (Lipinski definition) is 1. The highest BCUT2D eigenvalue weighted by atomic mass is 16.5. The van der Waals surface area contributed by atoms with Crippen molar-refractivity contribution in [3.8, 4) is 5.88 Å². The van der Waals surface area contributed by atoms with Crippen LogP contribution in [0.1, 0.15) is 42.4 Å². The fraction of sp³-hybridized carbons (Fsp3) is 0.455. The van der Waals surface area contributed by atoms with E-state index in [4.69, 9.17) is 9.47 Å². The topological polar surface area (TPSA) is 60.5 Å². The van der Waals surface area contributed by atoms with Crippen molar-refractivity contribution in [3.63, 3.8) is 0 Å². The van der Waals surface area contributed by atoms with Crippen LogP contribution in [0.2, 0.25) is 0 Å². The fourth-order valence-electron chi connectivity index (χ4n) is 3.82. The summed E-state index contributed by atoms with van der Waals surface area (Å²) in [6, 6.07) is 10.2. The number of carbonyl (C=O) groups is 1. The molecule has 144 valence electrons. The number of nitrogens with one attached hydrogen (secondary N) is 1. The molecule has 5 nitrogen and oxygen atoms in total. The minimum Gasteiger partial charge on any atom is -0.475 e. The van der Waals surface area contributed by atoms with E-state index >= 15 is 0 Å². The van der Waals surface area contributed by atoms with Gasteiger partial charge < -0.3 is 14.8 Å². The second-order valence-corrected chi connectivity index (χ2v) is 7.30. The largest absolute Gasteiger partial charge is 0.475 e. The number of benzene rings is 1. The molecule has 5 heteroatoms. The molecule has 27 heavy (non-hydrogen) atoms. The molecule has 2 aromatic rings. The molecule has 1 aromatic carbocycles. The molecule has 3 rings (SSSR count). The van der Waals surface area contributed by atoms with Crippen LogP contribution in [0.5, 0.6) is 5.88 Å². The second-order valence-electron chi connectivity index (χ2n) is 7.30. The summed E-state index contributed by atoms with van der Waals surface area (Å²) in [5.41, 5.74) is 3.44. The summed E-state index contributed by atoms with van der Waals surface area (Å²) in [6.07, 6.45) is 5.57. The normalized spacial score (nSPS) is 15.5. The van der Waals surface area contributed by atoms with Gasteiger partial charge >= 0.3 is 0 Å². The summed E-state index contributed by atoms with van der Waals surface area (Å²) >= 11 is 0. The number of hydrogen-bond acceptors (Lipinski definition) is 4. The third kappa shape index (κ3) is 4.30. The molecule has 1 heterocycles. The predicted molar refractivity (Wildman–Crippen MR) is 106 cm³/mol. The van der Waals surface area contributed by atoms with Gasteiger partial charge in [-0.05, 0) is 38.3 Å². The highest BCUT2D eigenvalue weighted by Crippen LogP contribution is 2.42. The Labute approximate surface area is 161 Å². The molecule has 0 radical (unpaired) electrons. The molecule has 0 unspecified atom stereocenters. The summed E-state index contributed by atoms with van der Waals surface area (Å²) < 4.78 is 10.6. The van der Waals surface area contributed by atoms with Crippen molar-refractivity contribution in [2.24, 2.45) is 0 Å². The number of aryl methyl sites for hydroxylation is 2. The van der Waals surface area contributed by atoms with E-state index < -0.39 is 5.41 Å². The number of aromatic nitrogens is 1. The second kappa shape index (κ2) is 8.53. The average molecular weight is 368 g/mol. The minimum atomic E-state index is -0.451. The number of rotatable bonds is 7. The van der Waals surface area contributed by atoms with Crippen molar-refractivity contribution in [1.82, 2.24) is 4.98 Å². The van der Waals surface area contributed by atoms with Gasteiger partial charge in [-0.15, -0.1) is 0 Å². The van der Waals surface area contributed by atoms with Crippen LogP contribution in [0.15, 0.2) is 36.5 Å².